The molecule has 3 aromatic rings. The Morgan fingerprint density at radius 1 is 1.36 bits per heavy atom. The van der Waals surface area contributed by atoms with Crippen LogP contribution in [0.15, 0.2) is 28.7 Å². The smallest absolute Gasteiger partial charge is 0.262 e. The number of ether oxygens (including phenoxy) is 1. The van der Waals surface area contributed by atoms with Gasteiger partial charge in [-0.2, -0.15) is 0 Å². The second-order valence-electron chi connectivity index (χ2n) is 5.67. The fraction of sp³-hybridized carbons (Fsp3) is 0.235. The molecule has 2 heterocycles. The van der Waals surface area contributed by atoms with Gasteiger partial charge in [0.1, 0.15) is 5.82 Å². The number of anilines is 1. The van der Waals surface area contributed by atoms with Gasteiger partial charge in [0.15, 0.2) is 12.3 Å². The molecule has 1 aromatic carbocycles. The van der Waals surface area contributed by atoms with Crippen molar-refractivity contribution >= 4 is 38.6 Å². The summed E-state index contributed by atoms with van der Waals surface area (Å²) in [6.07, 6.45) is 0. The highest BCUT2D eigenvalue weighted by atomic mass is 79.9. The molecule has 0 unspecified atom stereocenters. The number of nitrogens with zero attached hydrogens (tertiary/aromatic N) is 3. The molecule has 0 radical (unpaired) electrons. The van der Waals surface area contributed by atoms with E-state index in [-0.39, 0.29) is 12.3 Å². The third-order valence-corrected chi connectivity index (χ3v) is 4.13. The van der Waals surface area contributed by atoms with Gasteiger partial charge in [-0.15, -0.1) is 5.10 Å². The zero-order valence-corrected chi connectivity index (χ0v) is 15.5. The highest BCUT2D eigenvalue weighted by molar-refractivity contribution is 9.10. The van der Waals surface area contributed by atoms with Crippen LogP contribution in [0.4, 0.5) is 10.1 Å². The van der Waals surface area contributed by atoms with Gasteiger partial charge in [-0.05, 0) is 43.7 Å². The van der Waals surface area contributed by atoms with Crippen LogP contribution in [0, 0.1) is 19.7 Å². The normalized spacial score (nSPS) is 10.9. The maximum atomic E-state index is 13.8. The molecule has 3 rings (SSSR count). The Balaban J connectivity index is 1.75. The zero-order chi connectivity index (χ0) is 18.1. The van der Waals surface area contributed by atoms with Gasteiger partial charge in [-0.1, -0.05) is 15.9 Å². The minimum Gasteiger partial charge on any atom is -0.466 e. The minimum atomic E-state index is -0.526. The summed E-state index contributed by atoms with van der Waals surface area (Å²) in [5.41, 5.74) is 2.62. The lowest BCUT2D eigenvalue weighted by Crippen LogP contribution is -2.21. The maximum Gasteiger partial charge on any atom is 0.262 e. The van der Waals surface area contributed by atoms with E-state index in [0.29, 0.717) is 16.0 Å². The first-order valence-corrected chi connectivity index (χ1v) is 8.33. The van der Waals surface area contributed by atoms with E-state index in [2.05, 4.69) is 31.3 Å². The van der Waals surface area contributed by atoms with Crippen LogP contribution < -0.4 is 10.1 Å². The molecule has 8 heteroatoms. The highest BCUT2D eigenvalue weighted by Crippen LogP contribution is 2.27. The Hall–Kier alpha value is -2.48. The summed E-state index contributed by atoms with van der Waals surface area (Å²) in [7, 11) is 1.76. The molecule has 0 aliphatic heterocycles. The van der Waals surface area contributed by atoms with Gasteiger partial charge in [0.05, 0.1) is 11.1 Å². The Kier molecular flexibility index (Phi) is 4.71. The first-order chi connectivity index (χ1) is 11.8. The molecule has 0 atom stereocenters. The van der Waals surface area contributed by atoms with E-state index in [0.717, 1.165) is 16.6 Å². The third kappa shape index (κ3) is 3.63. The molecule has 6 nitrogen and oxygen atoms in total. The lowest BCUT2D eigenvalue weighted by Gasteiger charge is -2.07. The van der Waals surface area contributed by atoms with Crippen LogP contribution in [0.3, 0.4) is 0 Å². The van der Waals surface area contributed by atoms with E-state index < -0.39 is 11.7 Å². The zero-order valence-electron chi connectivity index (χ0n) is 13.9. The molecule has 0 spiro atoms. The fourth-order valence-electron chi connectivity index (χ4n) is 2.56. The highest BCUT2D eigenvalue weighted by Gasteiger charge is 2.16. The molecule has 0 bridgehead atoms. The van der Waals surface area contributed by atoms with Gasteiger partial charge in [0, 0.05) is 17.2 Å². The summed E-state index contributed by atoms with van der Waals surface area (Å²) >= 11 is 3.17. The number of pyridine rings is 1. The van der Waals surface area contributed by atoms with Crippen LogP contribution in [-0.2, 0) is 11.8 Å². The number of amides is 1. The summed E-state index contributed by atoms with van der Waals surface area (Å²) in [6.45, 7) is 3.55. The molecule has 0 saturated heterocycles. The number of benzene rings is 1. The van der Waals surface area contributed by atoms with Crippen molar-refractivity contribution in [3.63, 3.8) is 0 Å². The van der Waals surface area contributed by atoms with Crippen LogP contribution in [0.5, 0.6) is 5.88 Å². The molecular weight excluding hydrogens is 391 g/mol. The molecular formula is C17H16BrFN4O2. The van der Waals surface area contributed by atoms with Crippen molar-refractivity contribution in [1.29, 1.82) is 0 Å². The lowest BCUT2D eigenvalue weighted by molar-refractivity contribution is -0.118. The summed E-state index contributed by atoms with van der Waals surface area (Å²) in [5, 5.41) is 7.51. The average Bonchev–Trinajstić information content (AvgIpc) is 2.84. The molecule has 0 fully saturated rings. The Morgan fingerprint density at radius 3 is 2.84 bits per heavy atom. The second-order valence-corrected chi connectivity index (χ2v) is 6.58. The molecule has 2 aromatic heterocycles. The molecule has 1 N–H and O–H groups in total. The summed E-state index contributed by atoms with van der Waals surface area (Å²) in [6, 6.07) is 6.32. The quantitative estimate of drug-likeness (QED) is 0.719. The van der Waals surface area contributed by atoms with Gasteiger partial charge in [-0.25, -0.2) is 14.1 Å². The number of aryl methyl sites for hydroxylation is 3. The van der Waals surface area contributed by atoms with Gasteiger partial charge < -0.3 is 10.1 Å². The fourth-order valence-corrected chi connectivity index (χ4v) is 2.89. The van der Waals surface area contributed by atoms with Gasteiger partial charge in [0.25, 0.3) is 5.91 Å². The number of rotatable bonds is 4. The summed E-state index contributed by atoms with van der Waals surface area (Å²) in [4.78, 5) is 16.5. The molecule has 0 saturated carbocycles. The van der Waals surface area contributed by atoms with Gasteiger partial charge in [0.2, 0.25) is 5.88 Å². The minimum absolute atomic E-state index is 0.0937. The molecule has 0 aliphatic rings. The van der Waals surface area contributed by atoms with E-state index in [4.69, 9.17) is 4.74 Å². The predicted octanol–water partition coefficient (Wildman–Crippen LogP) is 3.50. The van der Waals surface area contributed by atoms with Gasteiger partial charge >= 0.3 is 0 Å². The van der Waals surface area contributed by atoms with Crippen LogP contribution in [-0.4, -0.2) is 27.3 Å². The molecule has 0 aliphatic carbocycles. The van der Waals surface area contributed by atoms with E-state index in [1.807, 2.05) is 19.9 Å². The number of aromatic nitrogens is 3. The van der Waals surface area contributed by atoms with Crippen molar-refractivity contribution in [3.05, 3.63) is 45.8 Å². The molecule has 1 amide bonds. The lowest BCUT2D eigenvalue weighted by atomic mass is 10.2. The van der Waals surface area contributed by atoms with E-state index in [9.17, 15) is 9.18 Å². The first kappa shape index (κ1) is 17.3. The summed E-state index contributed by atoms with van der Waals surface area (Å²) < 4.78 is 21.5. The van der Waals surface area contributed by atoms with Crippen molar-refractivity contribution < 1.29 is 13.9 Å². The number of nitrogens with one attached hydrogen (secondary N) is 1. The average molecular weight is 407 g/mol. The van der Waals surface area contributed by atoms with Crippen molar-refractivity contribution in [2.75, 3.05) is 11.9 Å². The topological polar surface area (TPSA) is 69.0 Å². The Labute approximate surface area is 152 Å². The molecule has 130 valence electrons. The van der Waals surface area contributed by atoms with Crippen LogP contribution in [0.2, 0.25) is 0 Å². The van der Waals surface area contributed by atoms with Crippen molar-refractivity contribution in [2.45, 2.75) is 13.8 Å². The maximum absolute atomic E-state index is 13.8. The second kappa shape index (κ2) is 6.79. The van der Waals surface area contributed by atoms with Gasteiger partial charge in [-0.3, -0.25) is 4.79 Å². The Morgan fingerprint density at radius 2 is 2.12 bits per heavy atom. The van der Waals surface area contributed by atoms with E-state index >= 15 is 0 Å². The number of carbonyl (C=O) groups excluding carboxylic acids is 1. The van der Waals surface area contributed by atoms with E-state index in [1.54, 1.807) is 17.8 Å². The standard InChI is InChI=1S/C17H16BrFN4O2/c1-9-6-10(2)20-16-15(9)17(22-23(16)3)25-8-14(24)21-13-5-4-11(18)7-12(13)19/h4-7H,8H2,1-3H3,(H,21,24). The largest absolute Gasteiger partial charge is 0.466 e. The van der Waals surface area contributed by atoms with E-state index in [1.165, 1.54) is 12.1 Å². The van der Waals surface area contributed by atoms with Crippen LogP contribution in [0.25, 0.3) is 11.0 Å². The number of hydrogen-bond donors (Lipinski definition) is 1. The van der Waals surface area contributed by atoms with Crippen LogP contribution in [0.1, 0.15) is 11.3 Å². The SMILES string of the molecule is Cc1cc(C)c2c(OCC(=O)Nc3ccc(Br)cc3F)nn(C)c2n1. The number of carbonyl (C=O) groups is 1. The molecule has 25 heavy (non-hydrogen) atoms. The number of halogens is 2. The van der Waals surface area contributed by atoms with Crippen molar-refractivity contribution in [3.8, 4) is 5.88 Å². The third-order valence-electron chi connectivity index (χ3n) is 3.63. The van der Waals surface area contributed by atoms with Crippen molar-refractivity contribution in [2.24, 2.45) is 7.05 Å². The monoisotopic (exact) mass is 406 g/mol. The summed E-state index contributed by atoms with van der Waals surface area (Å²) in [5.74, 6) is -0.673. The number of fused-ring (bicyclic) bond motifs is 1. The number of hydrogen-bond acceptors (Lipinski definition) is 4. The Bertz CT molecular complexity index is 971. The van der Waals surface area contributed by atoms with Crippen molar-refractivity contribution in [1.82, 2.24) is 14.8 Å². The first-order valence-electron chi connectivity index (χ1n) is 7.54. The van der Waals surface area contributed by atoms with Crippen LogP contribution >= 0.6 is 15.9 Å². The predicted molar refractivity (Wildman–Crippen MR) is 96.2 cm³/mol.